The lowest BCUT2D eigenvalue weighted by Crippen LogP contribution is -2.38. The first-order valence-corrected chi connectivity index (χ1v) is 9.33. The van der Waals surface area contributed by atoms with Crippen molar-refractivity contribution >= 4 is 68.8 Å². The molecule has 1 aromatic carbocycles. The molecule has 0 aliphatic heterocycles. The molecule has 0 spiro atoms. The van der Waals surface area contributed by atoms with Gasteiger partial charge in [-0.15, -0.1) is 24.0 Å². The number of carbonyl (C=O) groups is 1. The first-order valence-electron chi connectivity index (χ1n) is 7.60. The van der Waals surface area contributed by atoms with Gasteiger partial charge < -0.3 is 16.0 Å². The van der Waals surface area contributed by atoms with Crippen LogP contribution in [-0.4, -0.2) is 25.5 Å². The zero-order valence-corrected chi connectivity index (χ0v) is 18.9. The number of nitrogens with zero attached hydrogens (tertiary/aromatic N) is 1. The second-order valence-corrected chi connectivity index (χ2v) is 6.94. The van der Waals surface area contributed by atoms with Crippen LogP contribution >= 0.6 is 51.2 Å². The lowest BCUT2D eigenvalue weighted by molar-refractivity contribution is -0.116. The fourth-order valence-electron chi connectivity index (χ4n) is 2.04. The number of benzene rings is 1. The van der Waals surface area contributed by atoms with Crippen LogP contribution < -0.4 is 16.0 Å². The number of guanidine groups is 1. The van der Waals surface area contributed by atoms with Gasteiger partial charge in [-0.05, 0) is 47.0 Å². The number of anilines is 1. The second-order valence-electron chi connectivity index (χ2n) is 5.24. The van der Waals surface area contributed by atoms with Gasteiger partial charge in [0, 0.05) is 36.7 Å². The summed E-state index contributed by atoms with van der Waals surface area (Å²) < 4.78 is 0.944. The Kier molecular flexibility index (Phi) is 10.1. The smallest absolute Gasteiger partial charge is 0.226 e. The van der Waals surface area contributed by atoms with Crippen molar-refractivity contribution in [2.75, 3.05) is 18.9 Å². The third-order valence-corrected chi connectivity index (χ3v) is 4.61. The average molecular weight is 537 g/mol. The summed E-state index contributed by atoms with van der Waals surface area (Å²) in [5.41, 5.74) is 3.08. The van der Waals surface area contributed by atoms with E-state index < -0.39 is 0 Å². The predicted molar refractivity (Wildman–Crippen MR) is 120 cm³/mol. The lowest BCUT2D eigenvalue weighted by Gasteiger charge is -2.12. The van der Waals surface area contributed by atoms with Crippen LogP contribution in [0.25, 0.3) is 0 Å². The molecule has 0 fully saturated rings. The number of nitrogens with one attached hydrogen (secondary N) is 3. The second kappa shape index (κ2) is 11.5. The number of hydrogen-bond acceptors (Lipinski definition) is 3. The van der Waals surface area contributed by atoms with E-state index in [2.05, 4.69) is 48.3 Å². The molecule has 2 rings (SSSR count). The summed E-state index contributed by atoms with van der Waals surface area (Å²) in [5, 5.41) is 13.4. The molecular weight excluding hydrogens is 515 g/mol. The van der Waals surface area contributed by atoms with Gasteiger partial charge in [0.1, 0.15) is 0 Å². The van der Waals surface area contributed by atoms with Gasteiger partial charge in [-0.3, -0.25) is 9.79 Å². The summed E-state index contributed by atoms with van der Waals surface area (Å²) in [6.45, 7) is 3.20. The molecule has 0 bridgehead atoms. The van der Waals surface area contributed by atoms with Crippen LogP contribution in [0.15, 0.2) is 44.5 Å². The highest BCUT2D eigenvalue weighted by Gasteiger charge is 2.06. The van der Waals surface area contributed by atoms with Crippen LogP contribution in [0.4, 0.5) is 5.69 Å². The maximum atomic E-state index is 12.1. The molecule has 2 aromatic rings. The molecule has 1 aromatic heterocycles. The van der Waals surface area contributed by atoms with Gasteiger partial charge in [0.15, 0.2) is 5.96 Å². The SMILES string of the molecule is CN=C(NCCC(=O)Nc1cc(Br)ccc1C)NCc1ccsc1.I. The van der Waals surface area contributed by atoms with Crippen LogP contribution in [0.3, 0.4) is 0 Å². The Balaban J connectivity index is 0.00000312. The van der Waals surface area contributed by atoms with E-state index in [0.717, 1.165) is 15.7 Å². The minimum Gasteiger partial charge on any atom is -0.356 e. The molecule has 25 heavy (non-hydrogen) atoms. The fraction of sp³-hybridized carbons (Fsp3) is 0.294. The molecule has 0 aliphatic carbocycles. The number of carbonyl (C=O) groups excluding carboxylic acids is 1. The van der Waals surface area contributed by atoms with Gasteiger partial charge in [0.05, 0.1) is 0 Å². The Bertz CT molecular complexity index is 707. The van der Waals surface area contributed by atoms with Crippen molar-refractivity contribution < 1.29 is 4.79 Å². The highest BCUT2D eigenvalue weighted by Crippen LogP contribution is 2.20. The molecule has 136 valence electrons. The van der Waals surface area contributed by atoms with E-state index in [-0.39, 0.29) is 29.9 Å². The Morgan fingerprint density at radius 1 is 1.28 bits per heavy atom. The van der Waals surface area contributed by atoms with Crippen molar-refractivity contribution in [2.45, 2.75) is 19.9 Å². The largest absolute Gasteiger partial charge is 0.356 e. The first-order chi connectivity index (χ1) is 11.6. The van der Waals surface area contributed by atoms with E-state index in [9.17, 15) is 4.79 Å². The summed E-state index contributed by atoms with van der Waals surface area (Å²) in [7, 11) is 1.72. The Morgan fingerprint density at radius 3 is 2.76 bits per heavy atom. The highest BCUT2D eigenvalue weighted by molar-refractivity contribution is 14.0. The molecule has 1 heterocycles. The molecule has 1 amide bonds. The van der Waals surface area contributed by atoms with Crippen LogP contribution in [0.5, 0.6) is 0 Å². The third-order valence-electron chi connectivity index (χ3n) is 3.38. The minimum atomic E-state index is -0.0306. The van der Waals surface area contributed by atoms with Gasteiger partial charge in [-0.1, -0.05) is 22.0 Å². The van der Waals surface area contributed by atoms with Gasteiger partial charge in [0.25, 0.3) is 0 Å². The normalized spacial score (nSPS) is 10.8. The van der Waals surface area contributed by atoms with Crippen molar-refractivity contribution in [3.63, 3.8) is 0 Å². The van der Waals surface area contributed by atoms with Gasteiger partial charge >= 0.3 is 0 Å². The Labute approximate surface area is 177 Å². The summed E-state index contributed by atoms with van der Waals surface area (Å²) in [6.07, 6.45) is 0.366. The van der Waals surface area contributed by atoms with E-state index in [1.165, 1.54) is 5.56 Å². The van der Waals surface area contributed by atoms with E-state index >= 15 is 0 Å². The predicted octanol–water partition coefficient (Wildman–Crippen LogP) is 4.13. The van der Waals surface area contributed by atoms with E-state index in [1.807, 2.05) is 30.5 Å². The van der Waals surface area contributed by atoms with Crippen molar-refractivity contribution in [3.05, 3.63) is 50.6 Å². The summed E-state index contributed by atoms with van der Waals surface area (Å²) in [5.74, 6) is 0.657. The number of hydrogen-bond donors (Lipinski definition) is 3. The molecule has 0 atom stereocenters. The Morgan fingerprint density at radius 2 is 2.08 bits per heavy atom. The minimum absolute atomic E-state index is 0. The molecule has 5 nitrogen and oxygen atoms in total. The van der Waals surface area contributed by atoms with E-state index in [4.69, 9.17) is 0 Å². The number of halogens is 2. The molecule has 3 N–H and O–H groups in total. The molecule has 0 saturated heterocycles. The monoisotopic (exact) mass is 536 g/mol. The van der Waals surface area contributed by atoms with E-state index in [1.54, 1.807) is 18.4 Å². The molecular formula is C17H22BrIN4OS. The summed E-state index contributed by atoms with van der Waals surface area (Å²) >= 11 is 5.08. The summed E-state index contributed by atoms with van der Waals surface area (Å²) in [4.78, 5) is 16.2. The fourth-order valence-corrected chi connectivity index (χ4v) is 3.07. The standard InChI is InChI=1S/C17H21BrN4OS.HI/c1-12-3-4-14(18)9-15(12)22-16(23)5-7-20-17(19-2)21-10-13-6-8-24-11-13;/h3-4,6,8-9,11H,5,7,10H2,1-2H3,(H,22,23)(H2,19,20,21);1H. The topological polar surface area (TPSA) is 65.5 Å². The van der Waals surface area contributed by atoms with Gasteiger partial charge in [-0.25, -0.2) is 0 Å². The first kappa shape index (κ1) is 21.9. The van der Waals surface area contributed by atoms with Crippen LogP contribution in [0, 0.1) is 6.92 Å². The molecule has 0 unspecified atom stereocenters. The number of aliphatic imine (C=N–C) groups is 1. The van der Waals surface area contributed by atoms with Crippen molar-refractivity contribution in [2.24, 2.45) is 4.99 Å². The van der Waals surface area contributed by atoms with Crippen LogP contribution in [0.1, 0.15) is 17.5 Å². The zero-order valence-electron chi connectivity index (χ0n) is 14.1. The maximum absolute atomic E-state index is 12.1. The van der Waals surface area contributed by atoms with Gasteiger partial charge in [-0.2, -0.15) is 11.3 Å². The Hall–Kier alpha value is -1.13. The molecule has 0 saturated carbocycles. The van der Waals surface area contributed by atoms with Crippen molar-refractivity contribution in [3.8, 4) is 0 Å². The average Bonchev–Trinajstić information content (AvgIpc) is 3.07. The quantitative estimate of drug-likeness (QED) is 0.295. The maximum Gasteiger partial charge on any atom is 0.226 e. The number of amides is 1. The van der Waals surface area contributed by atoms with Gasteiger partial charge in [0.2, 0.25) is 5.91 Å². The van der Waals surface area contributed by atoms with Crippen molar-refractivity contribution in [1.82, 2.24) is 10.6 Å². The lowest BCUT2D eigenvalue weighted by atomic mass is 10.2. The van der Waals surface area contributed by atoms with E-state index in [0.29, 0.717) is 25.5 Å². The number of aryl methyl sites for hydroxylation is 1. The highest BCUT2D eigenvalue weighted by atomic mass is 127. The van der Waals surface area contributed by atoms with Crippen molar-refractivity contribution in [1.29, 1.82) is 0 Å². The molecule has 0 radical (unpaired) electrons. The number of rotatable bonds is 6. The summed E-state index contributed by atoms with van der Waals surface area (Å²) in [6, 6.07) is 7.89. The van der Waals surface area contributed by atoms with Crippen LogP contribution in [0.2, 0.25) is 0 Å². The third kappa shape index (κ3) is 7.74. The zero-order chi connectivity index (χ0) is 17.4. The number of thiophene rings is 1. The molecule has 0 aliphatic rings. The molecule has 8 heteroatoms. The van der Waals surface area contributed by atoms with Crippen LogP contribution in [-0.2, 0) is 11.3 Å².